The molecule has 3 rings (SSSR count). The smallest absolute Gasteiger partial charge is 0.297 e. The van der Waals surface area contributed by atoms with Crippen molar-refractivity contribution in [1.82, 2.24) is 20.6 Å². The van der Waals surface area contributed by atoms with Gasteiger partial charge in [0.25, 0.3) is 11.7 Å². The molecule has 0 spiro atoms. The number of rotatable bonds is 11. The van der Waals surface area contributed by atoms with Crippen LogP contribution in [0.1, 0.15) is 64.4 Å². The van der Waals surface area contributed by atoms with Gasteiger partial charge in [-0.2, -0.15) is 10.5 Å². The molecule has 11 nitrogen and oxygen atoms in total. The van der Waals surface area contributed by atoms with Crippen LogP contribution in [0.25, 0.3) is 0 Å². The van der Waals surface area contributed by atoms with Gasteiger partial charge in [0.05, 0.1) is 24.3 Å². The van der Waals surface area contributed by atoms with Crippen molar-refractivity contribution in [3.05, 3.63) is 52.3 Å². The number of Topliss-reactive ketones (excluding diaryl/α,β-unsaturated/α-hetero) is 1. The van der Waals surface area contributed by atoms with Gasteiger partial charge in [0.2, 0.25) is 0 Å². The average Bonchev–Trinajstić information content (AvgIpc) is 3.37. The molecule has 0 fully saturated rings. The number of ether oxygens (including phenoxy) is 2. The van der Waals surface area contributed by atoms with E-state index in [9.17, 15) is 20.0 Å². The summed E-state index contributed by atoms with van der Waals surface area (Å²) < 4.78 is 11.6. The number of aromatic hydroxyl groups is 1. The first-order chi connectivity index (χ1) is 16.8. The Morgan fingerprint density at radius 1 is 1.20 bits per heavy atom. The number of aromatic nitrogens is 4. The predicted molar refractivity (Wildman–Crippen MR) is 126 cm³/mol. The Kier molecular flexibility index (Phi) is 8.34. The molecule has 3 N–H and O–H groups in total. The van der Waals surface area contributed by atoms with Gasteiger partial charge < -0.3 is 19.9 Å². The van der Waals surface area contributed by atoms with Crippen molar-refractivity contribution in [3.63, 3.8) is 0 Å². The molecule has 0 radical (unpaired) electrons. The van der Waals surface area contributed by atoms with Crippen LogP contribution in [0.4, 0.5) is 5.69 Å². The number of carbonyl (C=O) groups excluding carboxylic acids is 2. The highest BCUT2D eigenvalue weighted by Crippen LogP contribution is 2.33. The van der Waals surface area contributed by atoms with Gasteiger partial charge >= 0.3 is 0 Å². The van der Waals surface area contributed by atoms with Crippen LogP contribution in [0.2, 0.25) is 0 Å². The molecule has 1 heterocycles. The molecule has 1 amide bonds. The van der Waals surface area contributed by atoms with E-state index in [0.29, 0.717) is 53.3 Å². The maximum atomic E-state index is 12.2. The summed E-state index contributed by atoms with van der Waals surface area (Å²) in [5.41, 5.74) is 2.33. The van der Waals surface area contributed by atoms with Crippen LogP contribution < -0.4 is 14.8 Å². The first-order valence-corrected chi connectivity index (χ1v) is 11.1. The fourth-order valence-electron chi connectivity index (χ4n) is 3.42. The number of aromatic amines is 1. The van der Waals surface area contributed by atoms with Crippen molar-refractivity contribution >= 4 is 17.4 Å². The molecule has 0 aliphatic heterocycles. The zero-order valence-corrected chi connectivity index (χ0v) is 19.7. The van der Waals surface area contributed by atoms with Crippen LogP contribution in [-0.4, -0.2) is 50.6 Å². The summed E-state index contributed by atoms with van der Waals surface area (Å²) in [7, 11) is 0. The Bertz CT molecular complexity index is 1250. The second-order valence-corrected chi connectivity index (χ2v) is 7.76. The van der Waals surface area contributed by atoms with E-state index in [4.69, 9.17) is 9.47 Å². The fourth-order valence-corrected chi connectivity index (χ4v) is 3.42. The quantitative estimate of drug-likeness (QED) is 0.277. The van der Waals surface area contributed by atoms with Crippen LogP contribution in [0.3, 0.4) is 0 Å². The topological polar surface area (TPSA) is 163 Å². The minimum Gasteiger partial charge on any atom is -0.507 e. The summed E-state index contributed by atoms with van der Waals surface area (Å²) in [5, 5.41) is 35.4. The second-order valence-electron chi connectivity index (χ2n) is 7.76. The van der Waals surface area contributed by atoms with Crippen LogP contribution in [0.5, 0.6) is 17.2 Å². The van der Waals surface area contributed by atoms with Gasteiger partial charge in [0.15, 0.2) is 5.78 Å². The van der Waals surface area contributed by atoms with Crippen molar-refractivity contribution < 1.29 is 24.2 Å². The first kappa shape index (κ1) is 25.2. The summed E-state index contributed by atoms with van der Waals surface area (Å²) in [6.07, 6.45) is 1.85. The third-order valence-electron chi connectivity index (χ3n) is 5.17. The highest BCUT2D eigenvalue weighted by atomic mass is 16.5. The molecular weight excluding hydrogens is 452 g/mol. The van der Waals surface area contributed by atoms with Crippen molar-refractivity contribution in [2.45, 2.75) is 40.0 Å². The largest absolute Gasteiger partial charge is 0.507 e. The average molecular weight is 479 g/mol. The number of anilines is 1. The summed E-state index contributed by atoms with van der Waals surface area (Å²) in [5.74, 6) is -0.0719. The molecule has 35 heavy (non-hydrogen) atoms. The Hall–Kier alpha value is -4.46. The van der Waals surface area contributed by atoms with Gasteiger partial charge in [-0.05, 0) is 49.2 Å². The van der Waals surface area contributed by atoms with Crippen LogP contribution in [0, 0.1) is 18.3 Å². The van der Waals surface area contributed by atoms with Crippen molar-refractivity contribution in [2.24, 2.45) is 0 Å². The molecule has 0 atom stereocenters. The van der Waals surface area contributed by atoms with Crippen LogP contribution in [0.15, 0.2) is 24.3 Å². The number of aryl methyl sites for hydroxylation is 1. The van der Waals surface area contributed by atoms with Crippen LogP contribution >= 0.6 is 0 Å². The van der Waals surface area contributed by atoms with E-state index in [1.807, 2.05) is 6.92 Å². The van der Waals surface area contributed by atoms with E-state index < -0.39 is 5.91 Å². The maximum absolute atomic E-state index is 12.2. The monoisotopic (exact) mass is 478 g/mol. The number of amides is 1. The molecule has 0 saturated carbocycles. The van der Waals surface area contributed by atoms with Gasteiger partial charge in [0, 0.05) is 23.7 Å². The van der Waals surface area contributed by atoms with Crippen LogP contribution in [-0.2, 0) is 6.42 Å². The molecule has 0 saturated heterocycles. The van der Waals surface area contributed by atoms with Crippen molar-refractivity contribution in [1.29, 1.82) is 5.26 Å². The lowest BCUT2D eigenvalue weighted by molar-refractivity contribution is 0.100. The first-order valence-electron chi connectivity index (χ1n) is 11.1. The highest BCUT2D eigenvalue weighted by Gasteiger charge is 2.17. The lowest BCUT2D eigenvalue weighted by atomic mass is 10.0. The number of tetrazole rings is 1. The number of phenolic OH excluding ortho intramolecular Hbond substituents is 1. The maximum Gasteiger partial charge on any atom is 0.297 e. The zero-order valence-electron chi connectivity index (χ0n) is 19.7. The molecule has 2 aromatic carbocycles. The molecule has 0 bridgehead atoms. The van der Waals surface area contributed by atoms with Gasteiger partial charge in [0.1, 0.15) is 23.3 Å². The van der Waals surface area contributed by atoms with Gasteiger partial charge in [-0.15, -0.1) is 10.2 Å². The number of ketones is 1. The fraction of sp³-hybridized carbons (Fsp3) is 0.333. The Morgan fingerprint density at radius 2 is 1.94 bits per heavy atom. The van der Waals surface area contributed by atoms with Crippen molar-refractivity contribution in [2.75, 3.05) is 18.5 Å². The number of hydrogen-bond acceptors (Lipinski definition) is 9. The number of hydrogen-bond donors (Lipinski definition) is 3. The minimum absolute atomic E-state index is 0.0400. The molecule has 182 valence electrons. The van der Waals surface area contributed by atoms with E-state index in [1.165, 1.54) is 6.92 Å². The summed E-state index contributed by atoms with van der Waals surface area (Å²) in [4.78, 5) is 23.9. The summed E-state index contributed by atoms with van der Waals surface area (Å²) in [6.45, 7) is 5.68. The number of benzene rings is 2. The number of H-pyrrole nitrogens is 1. The van der Waals surface area contributed by atoms with E-state index in [-0.39, 0.29) is 29.5 Å². The third kappa shape index (κ3) is 6.11. The lowest BCUT2D eigenvalue weighted by Crippen LogP contribution is -2.15. The Labute approximate surface area is 202 Å². The molecular formula is C24H26N6O5. The summed E-state index contributed by atoms with van der Waals surface area (Å²) in [6, 6.07) is 8.53. The highest BCUT2D eigenvalue weighted by molar-refractivity contribution is 6.02. The van der Waals surface area contributed by atoms with E-state index >= 15 is 0 Å². The summed E-state index contributed by atoms with van der Waals surface area (Å²) >= 11 is 0. The third-order valence-corrected chi connectivity index (χ3v) is 5.17. The number of nitriles is 1. The normalized spacial score (nSPS) is 10.5. The number of nitrogens with one attached hydrogen (secondary N) is 2. The van der Waals surface area contributed by atoms with E-state index in [1.54, 1.807) is 31.2 Å². The van der Waals surface area contributed by atoms with Gasteiger partial charge in [-0.3, -0.25) is 9.59 Å². The molecule has 1 aromatic heterocycles. The second kappa shape index (κ2) is 11.6. The van der Waals surface area contributed by atoms with Gasteiger partial charge in [-0.1, -0.05) is 13.3 Å². The SMILES string of the molecule is CCCc1c(OCCCOc2cc(NC(=O)c3nn[nH]n3)c(C)cc2C#N)ccc(C(C)=O)c1O. The number of nitrogens with zero attached hydrogens (tertiary/aromatic N) is 4. The molecule has 0 aliphatic rings. The standard InChI is InChI=1S/C24H26N6O5/c1-4-6-18-20(8-7-17(15(3)31)22(18)32)34-9-5-10-35-21-12-19(14(2)11-16(21)13-25)26-24(33)23-27-29-30-28-23/h7-8,11-12,32H,4-6,9-10H2,1-3H3,(H,26,33)(H,27,28,29,30). The Morgan fingerprint density at radius 3 is 2.57 bits per heavy atom. The molecule has 0 unspecified atom stereocenters. The van der Waals surface area contributed by atoms with Gasteiger partial charge in [-0.25, -0.2) is 0 Å². The Balaban J connectivity index is 1.62. The molecule has 11 heteroatoms. The predicted octanol–water partition coefficient (Wildman–Crippen LogP) is 3.34. The number of phenols is 1. The molecule has 0 aliphatic carbocycles. The lowest BCUT2D eigenvalue weighted by Gasteiger charge is -2.15. The number of carbonyl (C=O) groups is 2. The zero-order chi connectivity index (χ0) is 25.4. The molecule has 3 aromatic rings. The van der Waals surface area contributed by atoms with Crippen molar-refractivity contribution in [3.8, 4) is 23.3 Å². The van der Waals surface area contributed by atoms with E-state index in [0.717, 1.165) is 6.42 Å². The minimum atomic E-state index is -0.548. The van der Waals surface area contributed by atoms with E-state index in [2.05, 4.69) is 32.0 Å².